The number of aromatic nitrogens is 1. The predicted octanol–water partition coefficient (Wildman–Crippen LogP) is 2.92. The highest BCUT2D eigenvalue weighted by Gasteiger charge is 2.26. The Morgan fingerprint density at radius 1 is 1.26 bits per heavy atom. The minimum Gasteiger partial charge on any atom is -0.326 e. The number of carbonyl (C=O) groups excluding carboxylic acids is 2. The summed E-state index contributed by atoms with van der Waals surface area (Å²) in [7, 11) is 1.83. The molecule has 0 radical (unpaired) electrons. The first kappa shape index (κ1) is 22.9. The lowest BCUT2D eigenvalue weighted by Crippen LogP contribution is -2.29. The van der Waals surface area contributed by atoms with Crippen LogP contribution >= 0.6 is 24.8 Å². The molecule has 1 aliphatic rings. The van der Waals surface area contributed by atoms with E-state index >= 15 is 0 Å². The molecule has 0 saturated heterocycles. The van der Waals surface area contributed by atoms with Crippen molar-refractivity contribution in [2.75, 3.05) is 30.4 Å². The fourth-order valence-electron chi connectivity index (χ4n) is 3.00. The van der Waals surface area contributed by atoms with E-state index in [1.165, 1.54) is 0 Å². The van der Waals surface area contributed by atoms with Gasteiger partial charge < -0.3 is 15.5 Å². The van der Waals surface area contributed by atoms with Gasteiger partial charge in [0.15, 0.2) is 0 Å². The number of amides is 2. The van der Waals surface area contributed by atoms with E-state index in [9.17, 15) is 9.59 Å². The van der Waals surface area contributed by atoms with Gasteiger partial charge in [0.05, 0.1) is 5.56 Å². The summed E-state index contributed by atoms with van der Waals surface area (Å²) in [5.41, 5.74) is 3.31. The maximum absolute atomic E-state index is 12.6. The number of hydrogen-bond donors (Lipinski definition) is 2. The van der Waals surface area contributed by atoms with Crippen molar-refractivity contribution in [3.05, 3.63) is 53.9 Å². The highest BCUT2D eigenvalue weighted by atomic mass is 35.5. The van der Waals surface area contributed by atoms with Crippen LogP contribution in [0.5, 0.6) is 0 Å². The molecule has 1 aromatic carbocycles. The summed E-state index contributed by atoms with van der Waals surface area (Å²) in [4.78, 5) is 30.6. The zero-order valence-electron chi connectivity index (χ0n) is 15.3. The smallest absolute Gasteiger partial charge is 0.259 e. The van der Waals surface area contributed by atoms with Crippen LogP contribution in [0.2, 0.25) is 0 Å². The molecule has 1 atom stereocenters. The fourth-order valence-corrected chi connectivity index (χ4v) is 3.00. The van der Waals surface area contributed by atoms with Crippen molar-refractivity contribution in [1.29, 1.82) is 0 Å². The number of rotatable bonds is 5. The van der Waals surface area contributed by atoms with Gasteiger partial charge in [0.2, 0.25) is 5.91 Å². The first-order valence-corrected chi connectivity index (χ1v) is 8.40. The number of nitrogens with zero attached hydrogens (tertiary/aromatic N) is 2. The van der Waals surface area contributed by atoms with Crippen LogP contribution in [0.1, 0.15) is 22.8 Å². The summed E-state index contributed by atoms with van der Waals surface area (Å²) in [6.45, 7) is 3.15. The molecule has 6 nitrogen and oxygen atoms in total. The molecule has 0 saturated carbocycles. The predicted molar refractivity (Wildman–Crippen MR) is 112 cm³/mol. The Bertz CT molecular complexity index is 787. The van der Waals surface area contributed by atoms with E-state index in [1.54, 1.807) is 29.4 Å². The molecule has 2 aromatic rings. The number of fused-ring (bicyclic) bond motifs is 1. The quantitative estimate of drug-likeness (QED) is 0.794. The summed E-state index contributed by atoms with van der Waals surface area (Å²) in [5.74, 6) is -0.177. The molecule has 1 aromatic heterocycles. The van der Waals surface area contributed by atoms with Gasteiger partial charge in [-0.05, 0) is 49.4 Å². The number of carbonyl (C=O) groups is 2. The average Bonchev–Trinajstić information content (AvgIpc) is 3.05. The maximum Gasteiger partial charge on any atom is 0.259 e. The SMILES string of the molecule is CNCC(C)C(=O)Nc1ccc2c(c1)CCN2C(=O)c1cccnc1.Cl.Cl. The Morgan fingerprint density at radius 3 is 2.70 bits per heavy atom. The van der Waals surface area contributed by atoms with E-state index in [-0.39, 0.29) is 42.5 Å². The van der Waals surface area contributed by atoms with Gasteiger partial charge in [-0.1, -0.05) is 6.92 Å². The number of benzene rings is 1. The number of anilines is 2. The number of nitrogens with one attached hydrogen (secondary N) is 2. The van der Waals surface area contributed by atoms with Gasteiger partial charge in [-0.25, -0.2) is 0 Å². The lowest BCUT2D eigenvalue weighted by molar-refractivity contribution is -0.119. The van der Waals surface area contributed by atoms with Gasteiger partial charge in [-0.3, -0.25) is 14.6 Å². The molecule has 146 valence electrons. The fraction of sp³-hybridized carbons (Fsp3) is 0.316. The Kier molecular flexibility index (Phi) is 8.69. The monoisotopic (exact) mass is 410 g/mol. The first-order valence-electron chi connectivity index (χ1n) is 8.40. The lowest BCUT2D eigenvalue weighted by Gasteiger charge is -2.18. The van der Waals surface area contributed by atoms with Crippen molar-refractivity contribution in [3.8, 4) is 0 Å². The second-order valence-corrected chi connectivity index (χ2v) is 6.24. The molecule has 0 fully saturated rings. The van der Waals surface area contributed by atoms with Crippen LogP contribution in [-0.2, 0) is 11.2 Å². The molecular weight excluding hydrogens is 387 g/mol. The van der Waals surface area contributed by atoms with E-state index in [0.717, 1.165) is 23.4 Å². The highest BCUT2D eigenvalue weighted by Crippen LogP contribution is 2.31. The zero-order valence-corrected chi connectivity index (χ0v) is 16.9. The standard InChI is InChI=1S/C19H22N4O2.2ClH/c1-13(11-20-2)18(24)22-16-5-6-17-14(10-16)7-9-23(17)19(25)15-4-3-8-21-12-15;;/h3-6,8,10,12-13,20H,7,9,11H2,1-2H3,(H,22,24);2*1H. The first-order chi connectivity index (χ1) is 12.1. The van der Waals surface area contributed by atoms with E-state index in [4.69, 9.17) is 0 Å². The number of halogens is 2. The zero-order chi connectivity index (χ0) is 17.8. The molecule has 2 heterocycles. The second-order valence-electron chi connectivity index (χ2n) is 6.24. The third kappa shape index (κ3) is 5.19. The Morgan fingerprint density at radius 2 is 2.04 bits per heavy atom. The van der Waals surface area contributed by atoms with E-state index in [0.29, 0.717) is 18.7 Å². The molecule has 1 aliphatic heterocycles. The molecule has 8 heteroatoms. The maximum atomic E-state index is 12.6. The van der Waals surface area contributed by atoms with E-state index < -0.39 is 0 Å². The van der Waals surface area contributed by atoms with E-state index in [1.807, 2.05) is 32.2 Å². The molecule has 2 N–H and O–H groups in total. The summed E-state index contributed by atoms with van der Waals surface area (Å²) >= 11 is 0. The van der Waals surface area contributed by atoms with E-state index in [2.05, 4.69) is 15.6 Å². The second kappa shape index (κ2) is 10.3. The summed E-state index contributed by atoms with van der Waals surface area (Å²) in [6, 6.07) is 9.22. The minimum atomic E-state index is -0.109. The average molecular weight is 411 g/mol. The minimum absolute atomic E-state index is 0. The number of pyridine rings is 1. The molecule has 27 heavy (non-hydrogen) atoms. The van der Waals surface area contributed by atoms with Gasteiger partial charge in [0, 0.05) is 42.8 Å². The van der Waals surface area contributed by atoms with Gasteiger partial charge in [0.1, 0.15) is 0 Å². The van der Waals surface area contributed by atoms with Crippen molar-refractivity contribution >= 4 is 48.0 Å². The van der Waals surface area contributed by atoms with Crippen molar-refractivity contribution < 1.29 is 9.59 Å². The molecule has 3 rings (SSSR count). The highest BCUT2D eigenvalue weighted by molar-refractivity contribution is 6.07. The summed E-state index contributed by atoms with van der Waals surface area (Å²) in [6.07, 6.45) is 4.01. The van der Waals surface area contributed by atoms with Gasteiger partial charge >= 0.3 is 0 Å². The van der Waals surface area contributed by atoms with Crippen LogP contribution in [0.4, 0.5) is 11.4 Å². The van der Waals surface area contributed by atoms with Crippen LogP contribution in [-0.4, -0.2) is 36.9 Å². The Hall–Kier alpha value is -2.15. The van der Waals surface area contributed by atoms with Crippen molar-refractivity contribution in [3.63, 3.8) is 0 Å². The van der Waals surface area contributed by atoms with Crippen LogP contribution in [0.25, 0.3) is 0 Å². The Labute approximate surface area is 171 Å². The topological polar surface area (TPSA) is 74.3 Å². The third-order valence-electron chi connectivity index (χ3n) is 4.35. The van der Waals surface area contributed by atoms with Gasteiger partial charge in [-0.2, -0.15) is 0 Å². The summed E-state index contributed by atoms with van der Waals surface area (Å²) in [5, 5.41) is 5.94. The third-order valence-corrected chi connectivity index (χ3v) is 4.35. The molecule has 2 amide bonds. The lowest BCUT2D eigenvalue weighted by atomic mass is 10.1. The molecule has 0 bridgehead atoms. The van der Waals surface area contributed by atoms with Crippen LogP contribution in [0.3, 0.4) is 0 Å². The van der Waals surface area contributed by atoms with Gasteiger partial charge in [-0.15, -0.1) is 24.8 Å². The summed E-state index contributed by atoms with van der Waals surface area (Å²) < 4.78 is 0. The van der Waals surface area contributed by atoms with Gasteiger partial charge in [0.25, 0.3) is 5.91 Å². The van der Waals surface area contributed by atoms with Crippen molar-refractivity contribution in [2.24, 2.45) is 5.92 Å². The van der Waals surface area contributed by atoms with Crippen LogP contribution < -0.4 is 15.5 Å². The molecule has 1 unspecified atom stereocenters. The Balaban J connectivity index is 0.00000182. The van der Waals surface area contributed by atoms with Crippen molar-refractivity contribution in [1.82, 2.24) is 10.3 Å². The molecular formula is C19H24Cl2N4O2. The van der Waals surface area contributed by atoms with Crippen LogP contribution in [0.15, 0.2) is 42.7 Å². The van der Waals surface area contributed by atoms with Crippen molar-refractivity contribution in [2.45, 2.75) is 13.3 Å². The van der Waals surface area contributed by atoms with Crippen LogP contribution in [0, 0.1) is 5.92 Å². The molecule has 0 spiro atoms. The largest absolute Gasteiger partial charge is 0.326 e. The number of hydrogen-bond acceptors (Lipinski definition) is 4. The molecule has 0 aliphatic carbocycles. The normalized spacial score (nSPS) is 13.0.